The minimum absolute atomic E-state index is 0.177. The second-order valence-electron chi connectivity index (χ2n) is 5.14. The molecule has 0 aliphatic rings. The minimum atomic E-state index is 0.177. The molecule has 3 nitrogen and oxygen atoms in total. The van der Waals surface area contributed by atoms with Crippen LogP contribution in [0.2, 0.25) is 0 Å². The standard InChI is InChI=1S/C18H23NO2/c1-14-7-9-16(10-8-14)18(19-2)13-21-17-6-4-5-15(11-17)12-20-3/h4-11,18-19H,12-13H2,1-3H3. The number of nitrogens with one attached hydrogen (secondary N) is 1. The SMILES string of the molecule is CNC(COc1cccc(COC)c1)c1ccc(C)cc1. The van der Waals surface area contributed by atoms with Crippen LogP contribution in [0.25, 0.3) is 0 Å². The highest BCUT2D eigenvalue weighted by Gasteiger charge is 2.10. The van der Waals surface area contributed by atoms with E-state index in [2.05, 4.69) is 36.5 Å². The topological polar surface area (TPSA) is 30.5 Å². The molecule has 2 rings (SSSR count). The second kappa shape index (κ2) is 7.81. The van der Waals surface area contributed by atoms with E-state index in [0.29, 0.717) is 13.2 Å². The van der Waals surface area contributed by atoms with Gasteiger partial charge in [0.05, 0.1) is 12.6 Å². The molecule has 0 saturated carbocycles. The molecule has 3 heteroatoms. The largest absolute Gasteiger partial charge is 0.492 e. The van der Waals surface area contributed by atoms with Gasteiger partial charge < -0.3 is 14.8 Å². The van der Waals surface area contributed by atoms with Gasteiger partial charge in [0.15, 0.2) is 0 Å². The Morgan fingerprint density at radius 1 is 1.10 bits per heavy atom. The molecule has 0 radical (unpaired) electrons. The minimum Gasteiger partial charge on any atom is -0.492 e. The zero-order valence-corrected chi connectivity index (χ0v) is 12.9. The fourth-order valence-electron chi connectivity index (χ4n) is 2.22. The van der Waals surface area contributed by atoms with Gasteiger partial charge in [-0.1, -0.05) is 42.0 Å². The summed E-state index contributed by atoms with van der Waals surface area (Å²) in [6, 6.07) is 16.7. The van der Waals surface area contributed by atoms with Gasteiger partial charge in [-0.2, -0.15) is 0 Å². The molecule has 21 heavy (non-hydrogen) atoms. The Kier molecular flexibility index (Phi) is 5.78. The van der Waals surface area contributed by atoms with E-state index in [1.165, 1.54) is 11.1 Å². The van der Waals surface area contributed by atoms with Crippen molar-refractivity contribution in [3.63, 3.8) is 0 Å². The third-order valence-electron chi connectivity index (χ3n) is 3.45. The summed E-state index contributed by atoms with van der Waals surface area (Å²) < 4.78 is 11.1. The lowest BCUT2D eigenvalue weighted by molar-refractivity contribution is 0.184. The summed E-state index contributed by atoms with van der Waals surface area (Å²) in [5.41, 5.74) is 3.62. The van der Waals surface area contributed by atoms with Gasteiger partial charge in [0.25, 0.3) is 0 Å². The molecule has 0 bridgehead atoms. The molecule has 0 aliphatic carbocycles. The summed E-state index contributed by atoms with van der Waals surface area (Å²) in [5.74, 6) is 0.872. The molecule has 1 atom stereocenters. The molecule has 2 aromatic carbocycles. The van der Waals surface area contributed by atoms with E-state index in [0.717, 1.165) is 11.3 Å². The number of aryl methyl sites for hydroxylation is 1. The molecular formula is C18H23NO2. The predicted molar refractivity (Wildman–Crippen MR) is 85.6 cm³/mol. The molecule has 0 fully saturated rings. The molecule has 0 spiro atoms. The zero-order chi connectivity index (χ0) is 15.1. The number of ether oxygens (including phenoxy) is 2. The maximum absolute atomic E-state index is 5.91. The van der Waals surface area contributed by atoms with Crippen molar-refractivity contribution in [1.29, 1.82) is 0 Å². The highest BCUT2D eigenvalue weighted by molar-refractivity contribution is 5.29. The lowest BCUT2D eigenvalue weighted by Crippen LogP contribution is -2.23. The average Bonchev–Trinajstić information content (AvgIpc) is 2.50. The van der Waals surface area contributed by atoms with Gasteiger partial charge in [-0.25, -0.2) is 0 Å². The van der Waals surface area contributed by atoms with Gasteiger partial charge in [-0.15, -0.1) is 0 Å². The number of likely N-dealkylation sites (N-methyl/N-ethyl adjacent to an activating group) is 1. The fraction of sp³-hybridized carbons (Fsp3) is 0.333. The first kappa shape index (κ1) is 15.5. The van der Waals surface area contributed by atoms with Crippen molar-refractivity contribution in [3.8, 4) is 5.75 Å². The Bertz CT molecular complexity index is 551. The van der Waals surface area contributed by atoms with E-state index in [-0.39, 0.29) is 6.04 Å². The Morgan fingerprint density at radius 3 is 2.52 bits per heavy atom. The lowest BCUT2D eigenvalue weighted by atomic mass is 10.1. The third-order valence-corrected chi connectivity index (χ3v) is 3.45. The number of hydrogen-bond acceptors (Lipinski definition) is 3. The predicted octanol–water partition coefficient (Wildman–Crippen LogP) is 3.48. The summed E-state index contributed by atoms with van der Waals surface area (Å²) >= 11 is 0. The number of hydrogen-bond donors (Lipinski definition) is 1. The van der Waals surface area contributed by atoms with Crippen molar-refractivity contribution in [3.05, 3.63) is 65.2 Å². The maximum Gasteiger partial charge on any atom is 0.119 e. The molecule has 0 amide bonds. The Balaban J connectivity index is 1.99. The first-order valence-electron chi connectivity index (χ1n) is 7.17. The van der Waals surface area contributed by atoms with Crippen LogP contribution in [0.15, 0.2) is 48.5 Å². The highest BCUT2D eigenvalue weighted by Crippen LogP contribution is 2.18. The van der Waals surface area contributed by atoms with E-state index < -0.39 is 0 Å². The van der Waals surface area contributed by atoms with E-state index in [4.69, 9.17) is 9.47 Å². The number of methoxy groups -OCH3 is 1. The van der Waals surface area contributed by atoms with Crippen molar-refractivity contribution >= 4 is 0 Å². The van der Waals surface area contributed by atoms with Crippen LogP contribution in [-0.2, 0) is 11.3 Å². The van der Waals surface area contributed by atoms with Gasteiger partial charge in [-0.05, 0) is 37.2 Å². The van der Waals surface area contributed by atoms with Crippen LogP contribution in [0.1, 0.15) is 22.7 Å². The Hall–Kier alpha value is -1.84. The summed E-state index contributed by atoms with van der Waals surface area (Å²) in [6.07, 6.45) is 0. The number of rotatable bonds is 7. The molecule has 0 heterocycles. The van der Waals surface area contributed by atoms with Gasteiger partial charge in [0.2, 0.25) is 0 Å². The van der Waals surface area contributed by atoms with Crippen LogP contribution in [0.4, 0.5) is 0 Å². The van der Waals surface area contributed by atoms with Crippen LogP contribution in [0, 0.1) is 6.92 Å². The maximum atomic E-state index is 5.91. The van der Waals surface area contributed by atoms with E-state index in [1.807, 2.05) is 31.3 Å². The summed E-state index contributed by atoms with van der Waals surface area (Å²) in [5, 5.41) is 3.30. The number of benzene rings is 2. The molecular weight excluding hydrogens is 262 g/mol. The summed E-state index contributed by atoms with van der Waals surface area (Å²) in [7, 11) is 3.65. The molecule has 0 saturated heterocycles. The molecule has 1 unspecified atom stereocenters. The van der Waals surface area contributed by atoms with Crippen LogP contribution < -0.4 is 10.1 Å². The zero-order valence-electron chi connectivity index (χ0n) is 12.9. The van der Waals surface area contributed by atoms with E-state index in [1.54, 1.807) is 7.11 Å². The molecule has 2 aromatic rings. The molecule has 112 valence electrons. The van der Waals surface area contributed by atoms with Crippen LogP contribution in [-0.4, -0.2) is 20.8 Å². The Morgan fingerprint density at radius 2 is 1.86 bits per heavy atom. The Labute approximate surface area is 126 Å². The van der Waals surface area contributed by atoms with E-state index in [9.17, 15) is 0 Å². The van der Waals surface area contributed by atoms with Gasteiger partial charge in [-0.3, -0.25) is 0 Å². The van der Waals surface area contributed by atoms with Crippen LogP contribution in [0.5, 0.6) is 5.75 Å². The van der Waals surface area contributed by atoms with Crippen molar-refractivity contribution in [2.45, 2.75) is 19.6 Å². The summed E-state index contributed by atoms with van der Waals surface area (Å²) in [4.78, 5) is 0. The first-order chi connectivity index (χ1) is 10.2. The quantitative estimate of drug-likeness (QED) is 0.845. The van der Waals surface area contributed by atoms with Gasteiger partial charge in [0.1, 0.15) is 12.4 Å². The van der Waals surface area contributed by atoms with Crippen molar-refractivity contribution < 1.29 is 9.47 Å². The van der Waals surface area contributed by atoms with Crippen LogP contribution >= 0.6 is 0 Å². The summed E-state index contributed by atoms with van der Waals surface area (Å²) in [6.45, 7) is 3.29. The first-order valence-corrected chi connectivity index (χ1v) is 7.17. The normalized spacial score (nSPS) is 12.1. The molecule has 0 aromatic heterocycles. The smallest absolute Gasteiger partial charge is 0.119 e. The van der Waals surface area contributed by atoms with Crippen molar-refractivity contribution in [1.82, 2.24) is 5.32 Å². The lowest BCUT2D eigenvalue weighted by Gasteiger charge is -2.18. The van der Waals surface area contributed by atoms with E-state index >= 15 is 0 Å². The molecule has 1 N–H and O–H groups in total. The van der Waals surface area contributed by atoms with Crippen LogP contribution in [0.3, 0.4) is 0 Å². The third kappa shape index (κ3) is 4.59. The van der Waals surface area contributed by atoms with Crippen molar-refractivity contribution in [2.75, 3.05) is 20.8 Å². The highest BCUT2D eigenvalue weighted by atomic mass is 16.5. The van der Waals surface area contributed by atoms with Crippen molar-refractivity contribution in [2.24, 2.45) is 0 Å². The monoisotopic (exact) mass is 285 g/mol. The fourth-order valence-corrected chi connectivity index (χ4v) is 2.22. The average molecular weight is 285 g/mol. The van der Waals surface area contributed by atoms with Gasteiger partial charge >= 0.3 is 0 Å². The second-order valence-corrected chi connectivity index (χ2v) is 5.14. The molecule has 0 aliphatic heterocycles. The van der Waals surface area contributed by atoms with Gasteiger partial charge in [0, 0.05) is 7.11 Å².